The molecule has 1 unspecified atom stereocenters. The van der Waals surface area contributed by atoms with Crippen LogP contribution < -0.4 is 11.1 Å². The van der Waals surface area contributed by atoms with Crippen molar-refractivity contribution in [1.82, 2.24) is 0 Å². The summed E-state index contributed by atoms with van der Waals surface area (Å²) in [6.07, 6.45) is 3.57. The Kier molecular flexibility index (Phi) is 7.84. The lowest BCUT2D eigenvalue weighted by Gasteiger charge is -2.23. The first-order chi connectivity index (χ1) is 8.94. The molecule has 4 heteroatoms. The van der Waals surface area contributed by atoms with Crippen molar-refractivity contribution in [1.29, 1.82) is 0 Å². The molecule has 3 N–H and O–H groups in total. The lowest BCUT2D eigenvalue weighted by atomic mass is 9.96. The second-order valence-corrected chi connectivity index (χ2v) is 5.31. The van der Waals surface area contributed by atoms with Gasteiger partial charge in [-0.3, -0.25) is 4.79 Å². The minimum Gasteiger partial charge on any atom is -0.324 e. The SMILES string of the molecule is CCCC(C)(N)C(=O)Nc1ccc(CC)c(CC)c1.Cl. The van der Waals surface area contributed by atoms with Crippen LogP contribution in [0.2, 0.25) is 0 Å². The van der Waals surface area contributed by atoms with Crippen LogP contribution in [0.5, 0.6) is 0 Å². The summed E-state index contributed by atoms with van der Waals surface area (Å²) < 4.78 is 0. The standard InChI is InChI=1S/C16H26N2O.ClH/c1-5-10-16(4,17)15(19)18-14-9-8-12(6-2)13(7-3)11-14;/h8-9,11H,5-7,10,17H2,1-4H3,(H,18,19);1H. The van der Waals surface area contributed by atoms with Crippen LogP contribution in [0.3, 0.4) is 0 Å². The van der Waals surface area contributed by atoms with E-state index in [1.807, 2.05) is 13.0 Å². The third-order valence-electron chi connectivity index (χ3n) is 3.51. The average Bonchev–Trinajstić information content (AvgIpc) is 2.38. The number of carbonyl (C=O) groups excluding carboxylic acids is 1. The summed E-state index contributed by atoms with van der Waals surface area (Å²) in [6, 6.07) is 6.10. The van der Waals surface area contributed by atoms with E-state index < -0.39 is 5.54 Å². The van der Waals surface area contributed by atoms with Gasteiger partial charge in [0, 0.05) is 5.69 Å². The fourth-order valence-electron chi connectivity index (χ4n) is 2.28. The molecule has 0 radical (unpaired) electrons. The van der Waals surface area contributed by atoms with Crippen molar-refractivity contribution < 1.29 is 4.79 Å². The van der Waals surface area contributed by atoms with Crippen molar-refractivity contribution >= 4 is 24.0 Å². The predicted molar refractivity (Wildman–Crippen MR) is 88.6 cm³/mol. The van der Waals surface area contributed by atoms with Crippen LogP contribution in [-0.2, 0) is 17.6 Å². The van der Waals surface area contributed by atoms with Crippen LogP contribution in [0.15, 0.2) is 18.2 Å². The van der Waals surface area contributed by atoms with Crippen molar-refractivity contribution in [2.75, 3.05) is 5.32 Å². The number of rotatable bonds is 6. The van der Waals surface area contributed by atoms with Crippen molar-refractivity contribution in [3.05, 3.63) is 29.3 Å². The second kappa shape index (κ2) is 8.28. The van der Waals surface area contributed by atoms with Gasteiger partial charge in [0.1, 0.15) is 0 Å². The second-order valence-electron chi connectivity index (χ2n) is 5.31. The molecule has 20 heavy (non-hydrogen) atoms. The molecule has 0 aliphatic rings. The fraction of sp³-hybridized carbons (Fsp3) is 0.562. The third kappa shape index (κ3) is 4.80. The van der Waals surface area contributed by atoms with Crippen LogP contribution >= 0.6 is 12.4 Å². The van der Waals surface area contributed by atoms with Gasteiger partial charge in [0.15, 0.2) is 0 Å². The minimum atomic E-state index is -0.801. The number of amides is 1. The summed E-state index contributed by atoms with van der Waals surface area (Å²) in [4.78, 5) is 12.1. The number of halogens is 1. The van der Waals surface area contributed by atoms with E-state index in [0.717, 1.165) is 24.9 Å². The summed E-state index contributed by atoms with van der Waals surface area (Å²) in [5.41, 5.74) is 8.70. The average molecular weight is 299 g/mol. The highest BCUT2D eigenvalue weighted by molar-refractivity contribution is 5.97. The van der Waals surface area contributed by atoms with E-state index in [4.69, 9.17) is 5.73 Å². The number of nitrogens with two attached hydrogens (primary N) is 1. The van der Waals surface area contributed by atoms with Crippen LogP contribution in [0.1, 0.15) is 51.7 Å². The molecular formula is C16H27ClN2O. The number of carbonyl (C=O) groups is 1. The lowest BCUT2D eigenvalue weighted by Crippen LogP contribution is -2.48. The van der Waals surface area contributed by atoms with Crippen LogP contribution in [0, 0.1) is 0 Å². The summed E-state index contributed by atoms with van der Waals surface area (Å²) in [6.45, 7) is 8.09. The zero-order chi connectivity index (χ0) is 14.5. The molecule has 0 heterocycles. The Hall–Kier alpha value is -1.06. The number of anilines is 1. The van der Waals surface area contributed by atoms with Gasteiger partial charge in [-0.2, -0.15) is 0 Å². The number of nitrogens with one attached hydrogen (secondary N) is 1. The quantitative estimate of drug-likeness (QED) is 0.841. The van der Waals surface area contributed by atoms with Crippen molar-refractivity contribution in [2.45, 2.75) is 58.9 Å². The number of hydrogen-bond acceptors (Lipinski definition) is 2. The molecule has 1 atom stereocenters. The molecule has 0 saturated heterocycles. The summed E-state index contributed by atoms with van der Waals surface area (Å²) >= 11 is 0. The summed E-state index contributed by atoms with van der Waals surface area (Å²) in [7, 11) is 0. The first-order valence-corrected chi connectivity index (χ1v) is 7.16. The molecule has 0 bridgehead atoms. The Morgan fingerprint density at radius 1 is 1.20 bits per heavy atom. The normalized spacial score (nSPS) is 13.2. The van der Waals surface area contributed by atoms with Gasteiger partial charge in [0.05, 0.1) is 5.54 Å². The first-order valence-electron chi connectivity index (χ1n) is 7.16. The van der Waals surface area contributed by atoms with Gasteiger partial charge in [-0.15, -0.1) is 12.4 Å². The number of benzene rings is 1. The summed E-state index contributed by atoms with van der Waals surface area (Å²) in [5, 5.41) is 2.93. The largest absolute Gasteiger partial charge is 0.324 e. The molecule has 0 fully saturated rings. The molecule has 1 rings (SSSR count). The molecule has 3 nitrogen and oxygen atoms in total. The zero-order valence-electron chi connectivity index (χ0n) is 13.0. The van der Waals surface area contributed by atoms with E-state index in [0.29, 0.717) is 6.42 Å². The Labute approximate surface area is 128 Å². The van der Waals surface area contributed by atoms with E-state index >= 15 is 0 Å². The van der Waals surface area contributed by atoms with Gasteiger partial charge in [0.2, 0.25) is 5.91 Å². The molecule has 0 aromatic heterocycles. The molecule has 0 spiro atoms. The van der Waals surface area contributed by atoms with Gasteiger partial charge < -0.3 is 11.1 Å². The molecule has 0 saturated carbocycles. The molecule has 0 aliphatic carbocycles. The number of hydrogen-bond donors (Lipinski definition) is 2. The molecule has 1 aromatic rings. The summed E-state index contributed by atoms with van der Waals surface area (Å²) in [5.74, 6) is -0.111. The van der Waals surface area contributed by atoms with Gasteiger partial charge >= 0.3 is 0 Å². The number of aryl methyl sites for hydroxylation is 2. The lowest BCUT2D eigenvalue weighted by molar-refractivity contribution is -0.120. The van der Waals surface area contributed by atoms with Crippen LogP contribution in [0.25, 0.3) is 0 Å². The highest BCUT2D eigenvalue weighted by Crippen LogP contribution is 2.19. The molecule has 114 valence electrons. The van der Waals surface area contributed by atoms with Gasteiger partial charge in [-0.25, -0.2) is 0 Å². The van der Waals surface area contributed by atoms with Crippen molar-refractivity contribution in [2.24, 2.45) is 5.73 Å². The smallest absolute Gasteiger partial charge is 0.244 e. The van der Waals surface area contributed by atoms with Gasteiger partial charge in [-0.1, -0.05) is 33.3 Å². The fourth-order valence-corrected chi connectivity index (χ4v) is 2.28. The van der Waals surface area contributed by atoms with Gasteiger partial charge in [0.25, 0.3) is 0 Å². The van der Waals surface area contributed by atoms with E-state index in [9.17, 15) is 4.79 Å². The highest BCUT2D eigenvalue weighted by atomic mass is 35.5. The van der Waals surface area contributed by atoms with Crippen LogP contribution in [-0.4, -0.2) is 11.4 Å². The van der Waals surface area contributed by atoms with Gasteiger partial charge in [-0.05, 0) is 49.4 Å². The van der Waals surface area contributed by atoms with E-state index in [-0.39, 0.29) is 18.3 Å². The monoisotopic (exact) mass is 298 g/mol. The van der Waals surface area contributed by atoms with E-state index in [1.54, 1.807) is 6.92 Å². The Morgan fingerprint density at radius 3 is 2.30 bits per heavy atom. The zero-order valence-corrected chi connectivity index (χ0v) is 13.8. The topological polar surface area (TPSA) is 55.1 Å². The maximum Gasteiger partial charge on any atom is 0.244 e. The Bertz CT molecular complexity index is 444. The maximum atomic E-state index is 12.1. The van der Waals surface area contributed by atoms with Crippen LogP contribution in [0.4, 0.5) is 5.69 Å². The third-order valence-corrected chi connectivity index (χ3v) is 3.51. The Balaban J connectivity index is 0.00000361. The molecule has 1 aromatic carbocycles. The van der Waals surface area contributed by atoms with Crippen molar-refractivity contribution in [3.8, 4) is 0 Å². The van der Waals surface area contributed by atoms with Crippen molar-refractivity contribution in [3.63, 3.8) is 0 Å². The first kappa shape index (κ1) is 18.9. The Morgan fingerprint density at radius 2 is 1.80 bits per heavy atom. The minimum absolute atomic E-state index is 0. The molecular weight excluding hydrogens is 272 g/mol. The predicted octanol–water partition coefficient (Wildman–Crippen LogP) is 3.69. The maximum absolute atomic E-state index is 12.1. The highest BCUT2D eigenvalue weighted by Gasteiger charge is 2.27. The van der Waals surface area contributed by atoms with E-state index in [2.05, 4.69) is 31.3 Å². The van der Waals surface area contributed by atoms with E-state index in [1.165, 1.54) is 11.1 Å². The molecule has 1 amide bonds. The molecule has 0 aliphatic heterocycles.